The number of carbonyl (C=O) groups excluding carboxylic acids is 1. The maximum absolute atomic E-state index is 10.7. The predicted octanol–water partition coefficient (Wildman–Crippen LogP) is 5.39. The van der Waals surface area contributed by atoms with Crippen LogP contribution in [0.4, 0.5) is 5.69 Å². The molecule has 0 fully saturated rings. The van der Waals surface area contributed by atoms with E-state index >= 15 is 0 Å². The molecule has 0 saturated heterocycles. The molecular formula is C21H30N2O2. The van der Waals surface area contributed by atoms with Crippen molar-refractivity contribution in [3.8, 4) is 0 Å². The van der Waals surface area contributed by atoms with E-state index in [0.717, 1.165) is 35.4 Å². The Morgan fingerprint density at radius 3 is 2.72 bits per heavy atom. The van der Waals surface area contributed by atoms with Gasteiger partial charge in [0.05, 0.1) is 5.71 Å². The SMILES string of the molecule is C=C/C(C)=C(/C)C(C)CC/C(C)=N\OCc1c(C)cccc1NC=O. The van der Waals surface area contributed by atoms with Crippen LogP contribution in [0.2, 0.25) is 0 Å². The number of allylic oxidation sites excluding steroid dienone is 3. The molecular weight excluding hydrogens is 312 g/mol. The molecule has 0 spiro atoms. The number of rotatable bonds is 10. The molecule has 4 nitrogen and oxygen atoms in total. The quantitative estimate of drug-likeness (QED) is 0.268. The monoisotopic (exact) mass is 342 g/mol. The Labute approximate surface area is 151 Å². The smallest absolute Gasteiger partial charge is 0.211 e. The lowest BCUT2D eigenvalue weighted by molar-refractivity contribution is -0.105. The number of amides is 1. The zero-order chi connectivity index (χ0) is 18.8. The Balaban J connectivity index is 2.60. The molecule has 1 atom stereocenters. The summed E-state index contributed by atoms with van der Waals surface area (Å²) in [5.41, 5.74) is 6.35. The van der Waals surface area contributed by atoms with Gasteiger partial charge in [0.2, 0.25) is 6.41 Å². The maximum Gasteiger partial charge on any atom is 0.211 e. The number of hydrogen-bond donors (Lipinski definition) is 1. The summed E-state index contributed by atoms with van der Waals surface area (Å²) in [4.78, 5) is 16.2. The summed E-state index contributed by atoms with van der Waals surface area (Å²) in [6, 6.07) is 5.75. The van der Waals surface area contributed by atoms with Crippen LogP contribution in [0.1, 0.15) is 51.7 Å². The highest BCUT2D eigenvalue weighted by Gasteiger charge is 2.08. The molecule has 0 aliphatic carbocycles. The van der Waals surface area contributed by atoms with Crippen molar-refractivity contribution in [2.24, 2.45) is 11.1 Å². The number of nitrogens with zero attached hydrogens (tertiary/aromatic N) is 1. The summed E-state index contributed by atoms with van der Waals surface area (Å²) in [7, 11) is 0. The molecule has 0 radical (unpaired) electrons. The van der Waals surface area contributed by atoms with Crippen LogP contribution in [0.25, 0.3) is 0 Å². The molecule has 0 aromatic heterocycles. The van der Waals surface area contributed by atoms with Crippen molar-refractivity contribution in [1.82, 2.24) is 0 Å². The lowest BCUT2D eigenvalue weighted by atomic mass is 9.93. The van der Waals surface area contributed by atoms with Crippen LogP contribution < -0.4 is 5.32 Å². The average Bonchev–Trinajstić information content (AvgIpc) is 2.60. The molecule has 4 heteroatoms. The first-order valence-corrected chi connectivity index (χ1v) is 8.64. The van der Waals surface area contributed by atoms with E-state index in [1.807, 2.05) is 38.1 Å². The van der Waals surface area contributed by atoms with Crippen molar-refractivity contribution < 1.29 is 9.63 Å². The Kier molecular flexibility index (Phi) is 8.68. The Morgan fingerprint density at radius 1 is 1.36 bits per heavy atom. The summed E-state index contributed by atoms with van der Waals surface area (Å²) < 4.78 is 0. The minimum atomic E-state index is 0.338. The van der Waals surface area contributed by atoms with Crippen LogP contribution in [0.5, 0.6) is 0 Å². The molecule has 1 amide bonds. The molecule has 0 saturated carbocycles. The van der Waals surface area contributed by atoms with Crippen molar-refractivity contribution in [1.29, 1.82) is 0 Å². The molecule has 1 aromatic rings. The van der Waals surface area contributed by atoms with E-state index < -0.39 is 0 Å². The van der Waals surface area contributed by atoms with Gasteiger partial charge in [-0.3, -0.25) is 4.79 Å². The fraction of sp³-hybridized carbons (Fsp3) is 0.429. The second kappa shape index (κ2) is 10.5. The topological polar surface area (TPSA) is 50.7 Å². The van der Waals surface area contributed by atoms with Crippen molar-refractivity contribution in [3.63, 3.8) is 0 Å². The summed E-state index contributed by atoms with van der Waals surface area (Å²) in [5, 5.41) is 6.92. The first-order valence-electron chi connectivity index (χ1n) is 8.64. The van der Waals surface area contributed by atoms with Gasteiger partial charge in [0, 0.05) is 11.3 Å². The fourth-order valence-electron chi connectivity index (χ4n) is 2.54. The van der Waals surface area contributed by atoms with Gasteiger partial charge in [0.25, 0.3) is 0 Å². The Morgan fingerprint density at radius 2 is 2.08 bits per heavy atom. The van der Waals surface area contributed by atoms with Gasteiger partial charge in [-0.1, -0.05) is 48.0 Å². The predicted molar refractivity (Wildman–Crippen MR) is 106 cm³/mol. The van der Waals surface area contributed by atoms with Gasteiger partial charge in [-0.15, -0.1) is 0 Å². The lowest BCUT2D eigenvalue weighted by Gasteiger charge is -2.14. The van der Waals surface area contributed by atoms with Gasteiger partial charge in [-0.05, 0) is 58.1 Å². The third-order valence-corrected chi connectivity index (χ3v) is 4.66. The number of nitrogens with one attached hydrogen (secondary N) is 1. The zero-order valence-corrected chi connectivity index (χ0v) is 16.1. The van der Waals surface area contributed by atoms with Crippen molar-refractivity contribution in [2.75, 3.05) is 5.32 Å². The molecule has 25 heavy (non-hydrogen) atoms. The summed E-state index contributed by atoms with van der Waals surface area (Å²) in [6.07, 6.45) is 4.49. The highest BCUT2D eigenvalue weighted by Crippen LogP contribution is 2.21. The fourth-order valence-corrected chi connectivity index (χ4v) is 2.54. The van der Waals surface area contributed by atoms with Crippen LogP contribution in [-0.2, 0) is 16.2 Å². The number of hydrogen-bond acceptors (Lipinski definition) is 3. The lowest BCUT2D eigenvalue weighted by Crippen LogP contribution is -2.04. The molecule has 1 aromatic carbocycles. The highest BCUT2D eigenvalue weighted by atomic mass is 16.6. The van der Waals surface area contributed by atoms with Crippen LogP contribution >= 0.6 is 0 Å². The van der Waals surface area contributed by atoms with E-state index in [9.17, 15) is 4.79 Å². The van der Waals surface area contributed by atoms with E-state index in [1.54, 1.807) is 0 Å². The highest BCUT2D eigenvalue weighted by molar-refractivity contribution is 5.81. The minimum absolute atomic E-state index is 0.338. The maximum atomic E-state index is 10.7. The van der Waals surface area contributed by atoms with Gasteiger partial charge < -0.3 is 10.2 Å². The second-order valence-corrected chi connectivity index (χ2v) is 6.47. The van der Waals surface area contributed by atoms with Crippen molar-refractivity contribution in [2.45, 2.75) is 54.1 Å². The number of aryl methyl sites for hydroxylation is 1. The Hall–Kier alpha value is -2.36. The van der Waals surface area contributed by atoms with E-state index in [0.29, 0.717) is 18.9 Å². The molecule has 0 aliphatic rings. The van der Waals surface area contributed by atoms with Gasteiger partial charge in [-0.25, -0.2) is 0 Å². The summed E-state index contributed by atoms with van der Waals surface area (Å²) in [5.74, 6) is 0.489. The molecule has 136 valence electrons. The van der Waals surface area contributed by atoms with Crippen LogP contribution in [-0.4, -0.2) is 12.1 Å². The Bertz CT molecular complexity index is 660. The molecule has 0 aliphatic heterocycles. The van der Waals surface area contributed by atoms with Gasteiger partial charge >= 0.3 is 0 Å². The third-order valence-electron chi connectivity index (χ3n) is 4.66. The summed E-state index contributed by atoms with van der Waals surface area (Å²) in [6.45, 7) is 14.6. The summed E-state index contributed by atoms with van der Waals surface area (Å²) >= 11 is 0. The average molecular weight is 342 g/mol. The standard InChI is InChI=1S/C21H30N2O2/c1-7-15(2)19(6)16(3)11-12-18(5)23-25-13-20-17(4)9-8-10-21(20)22-14-24/h7-10,14,16H,1,11-13H2,2-6H3,(H,22,24)/b19-15-,23-18-. The molecule has 1 N–H and O–H groups in total. The van der Waals surface area contributed by atoms with E-state index in [-0.39, 0.29) is 0 Å². The van der Waals surface area contributed by atoms with Gasteiger partial charge in [0.15, 0.2) is 0 Å². The molecule has 1 unspecified atom stereocenters. The van der Waals surface area contributed by atoms with Gasteiger partial charge in [0.1, 0.15) is 6.61 Å². The molecule has 0 bridgehead atoms. The van der Waals surface area contributed by atoms with E-state index in [1.165, 1.54) is 11.1 Å². The molecule has 1 rings (SSSR count). The number of anilines is 1. The third kappa shape index (κ3) is 6.57. The number of carbonyl (C=O) groups is 1. The van der Waals surface area contributed by atoms with Gasteiger partial charge in [-0.2, -0.15) is 0 Å². The first kappa shape index (κ1) is 20.7. The van der Waals surface area contributed by atoms with Crippen molar-refractivity contribution >= 4 is 17.8 Å². The largest absolute Gasteiger partial charge is 0.391 e. The second-order valence-electron chi connectivity index (χ2n) is 6.47. The van der Waals surface area contributed by atoms with Crippen molar-refractivity contribution in [3.05, 3.63) is 53.1 Å². The number of oxime groups is 1. The zero-order valence-electron chi connectivity index (χ0n) is 16.1. The van der Waals surface area contributed by atoms with Crippen LogP contribution in [0.3, 0.4) is 0 Å². The first-order chi connectivity index (χ1) is 11.9. The number of benzene rings is 1. The molecule has 0 heterocycles. The minimum Gasteiger partial charge on any atom is -0.391 e. The van der Waals surface area contributed by atoms with Crippen LogP contribution in [0, 0.1) is 12.8 Å². The van der Waals surface area contributed by atoms with E-state index in [2.05, 4.69) is 37.8 Å². The van der Waals surface area contributed by atoms with Crippen LogP contribution in [0.15, 0.2) is 47.2 Å². The normalized spacial score (nSPS) is 13.7. The van der Waals surface area contributed by atoms with E-state index in [4.69, 9.17) is 4.84 Å².